The van der Waals surface area contributed by atoms with Gasteiger partial charge in [0.25, 0.3) is 0 Å². The molecule has 4 heteroatoms. The van der Waals surface area contributed by atoms with Crippen LogP contribution in [-0.2, 0) is 51.0 Å². The summed E-state index contributed by atoms with van der Waals surface area (Å²) in [6, 6.07) is 93.0. The van der Waals surface area contributed by atoms with Gasteiger partial charge < -0.3 is 9.97 Å². The van der Waals surface area contributed by atoms with Crippen LogP contribution in [0.4, 0.5) is 0 Å². The molecule has 2 nitrogen and oxygen atoms in total. The third-order valence-corrected chi connectivity index (χ3v) is 13.6. The van der Waals surface area contributed by atoms with E-state index in [9.17, 15) is 0 Å². The van der Waals surface area contributed by atoms with Crippen LogP contribution in [0.5, 0.6) is 0 Å². The zero-order valence-corrected chi connectivity index (χ0v) is 48.6. The maximum Gasteiger partial charge on any atom is 0.0160 e. The molecule has 76 heavy (non-hydrogen) atoms. The first-order chi connectivity index (χ1) is 35.9. The molecule has 0 aliphatic heterocycles. The molecule has 0 saturated carbocycles. The minimum atomic E-state index is 0. The molecule has 2 aromatic heterocycles. The first-order valence-corrected chi connectivity index (χ1v) is 25.5. The molecule has 9 aromatic carbocycles. The van der Waals surface area contributed by atoms with Gasteiger partial charge in [-0.15, -0.1) is 70.8 Å². The summed E-state index contributed by atoms with van der Waals surface area (Å²) in [4.78, 5) is 9.03. The van der Waals surface area contributed by atoms with E-state index in [0.717, 1.165) is 33.6 Å². The second-order valence-corrected chi connectivity index (χ2v) is 21.0. The maximum atomic E-state index is 4.54. The summed E-state index contributed by atoms with van der Waals surface area (Å²) < 4.78 is 0. The Balaban J connectivity index is 0.000000196. The van der Waals surface area contributed by atoms with E-state index in [1.807, 2.05) is 60.9 Å². The Labute approximate surface area is 477 Å². The quantitative estimate of drug-likeness (QED) is 0.135. The van der Waals surface area contributed by atoms with Crippen LogP contribution in [0, 0.1) is 12.1 Å². The number of aromatic nitrogens is 2. The standard InChI is InChI=1S/C37H36N.C35H24N.2Ir/c1-36(2,3)33-17-13-26(14-18-33)30-23-31(27-15-19-34(20-16-27)37(4,5)6)25-32(24-30)28-10-9-11-29(22-28)35-12-7-8-21-38-35;1-3-11-26(12-4-1)32-23-33(27-13-5-2-6-14-27)25-34(24-32)30-17-9-15-28(21-30)29-16-10-18-31(22-29)35-19-7-8-20-36-35;;/h7-10,12-25H,1-6H3;1-17,19-25H;;/q2*-1;;. The molecule has 0 spiro atoms. The van der Waals surface area contributed by atoms with Crippen molar-refractivity contribution in [2.45, 2.75) is 52.4 Å². The van der Waals surface area contributed by atoms with E-state index in [0.29, 0.717) is 0 Å². The van der Waals surface area contributed by atoms with Gasteiger partial charge in [0.2, 0.25) is 0 Å². The molecule has 0 bridgehead atoms. The Kier molecular flexibility index (Phi) is 17.7. The van der Waals surface area contributed by atoms with Crippen LogP contribution in [-0.4, -0.2) is 9.97 Å². The molecule has 0 atom stereocenters. The Morgan fingerprint density at radius 2 is 0.553 bits per heavy atom. The van der Waals surface area contributed by atoms with Gasteiger partial charge in [-0.05, 0) is 155 Å². The number of hydrogen-bond donors (Lipinski definition) is 0. The van der Waals surface area contributed by atoms with Gasteiger partial charge in [0.05, 0.1) is 0 Å². The fourth-order valence-corrected chi connectivity index (χ4v) is 9.35. The van der Waals surface area contributed by atoms with Gasteiger partial charge in [-0.2, -0.15) is 0 Å². The van der Waals surface area contributed by atoms with Crippen LogP contribution in [0.1, 0.15) is 52.7 Å². The SMILES string of the molecule is CC(C)(C)c1ccc(-c2cc(-c3ccc(C(C)(C)C)cc3)cc(-c3cc[c-]c(-c4ccccn4)c3)c2)cc1.[Ir].[Ir].[c-]1ccc(-c2cccc(-c3cc(-c4ccccc4)cc(-c4ccccc4)c3)c2)cc1-c1ccccn1. The van der Waals surface area contributed by atoms with E-state index in [1.54, 1.807) is 0 Å². The maximum absolute atomic E-state index is 4.54. The predicted octanol–water partition coefficient (Wildman–Crippen LogP) is 19.4. The largest absolute Gasteiger partial charge is 0.305 e. The summed E-state index contributed by atoms with van der Waals surface area (Å²) in [5.41, 5.74) is 23.6. The number of rotatable bonds is 9. The van der Waals surface area contributed by atoms with Crippen molar-refractivity contribution in [3.63, 3.8) is 0 Å². The van der Waals surface area contributed by atoms with Crippen LogP contribution >= 0.6 is 0 Å². The minimum Gasteiger partial charge on any atom is -0.305 e. The van der Waals surface area contributed by atoms with Crippen LogP contribution in [0.15, 0.2) is 255 Å². The molecular weight excluding hydrogens is 1280 g/mol. The van der Waals surface area contributed by atoms with Gasteiger partial charge >= 0.3 is 0 Å². The number of benzene rings is 9. The molecule has 0 amide bonds. The summed E-state index contributed by atoms with van der Waals surface area (Å²) in [6.07, 6.45) is 3.65. The second-order valence-electron chi connectivity index (χ2n) is 21.0. The van der Waals surface area contributed by atoms with E-state index < -0.39 is 0 Å². The third-order valence-electron chi connectivity index (χ3n) is 13.6. The fourth-order valence-electron chi connectivity index (χ4n) is 9.35. The zero-order chi connectivity index (χ0) is 51.1. The van der Waals surface area contributed by atoms with E-state index >= 15 is 0 Å². The summed E-state index contributed by atoms with van der Waals surface area (Å²) in [6.45, 7) is 13.5. The van der Waals surface area contributed by atoms with E-state index in [2.05, 4.69) is 258 Å². The smallest absolute Gasteiger partial charge is 0.0160 e. The molecule has 0 saturated heterocycles. The van der Waals surface area contributed by atoms with Gasteiger partial charge in [-0.25, -0.2) is 0 Å². The molecule has 11 aromatic rings. The molecule has 2 heterocycles. The van der Waals surface area contributed by atoms with Crippen molar-refractivity contribution in [3.8, 4) is 100 Å². The Hall–Kier alpha value is -7.42. The van der Waals surface area contributed by atoms with Gasteiger partial charge in [0.1, 0.15) is 0 Å². The van der Waals surface area contributed by atoms with Crippen LogP contribution in [0.2, 0.25) is 0 Å². The van der Waals surface area contributed by atoms with Crippen molar-refractivity contribution in [1.82, 2.24) is 9.97 Å². The monoisotopic (exact) mass is 1340 g/mol. The second kappa shape index (κ2) is 24.5. The normalized spacial score (nSPS) is 11.1. The van der Waals surface area contributed by atoms with Crippen LogP contribution in [0.3, 0.4) is 0 Å². The average molecular weight is 1340 g/mol. The van der Waals surface area contributed by atoms with Crippen molar-refractivity contribution >= 4 is 0 Å². The molecule has 11 rings (SSSR count). The van der Waals surface area contributed by atoms with Crippen molar-refractivity contribution in [2.24, 2.45) is 0 Å². The van der Waals surface area contributed by atoms with E-state index in [1.165, 1.54) is 77.9 Å². The minimum absolute atomic E-state index is 0. The van der Waals surface area contributed by atoms with E-state index in [4.69, 9.17) is 0 Å². The number of nitrogens with zero attached hydrogens (tertiary/aromatic N) is 2. The summed E-state index contributed by atoms with van der Waals surface area (Å²) in [5, 5.41) is 0. The van der Waals surface area contributed by atoms with Crippen molar-refractivity contribution in [2.75, 3.05) is 0 Å². The molecular formula is C72H60Ir2N2-2. The molecule has 0 aliphatic carbocycles. The van der Waals surface area contributed by atoms with Gasteiger partial charge in [0.15, 0.2) is 0 Å². The Morgan fingerprint density at radius 1 is 0.263 bits per heavy atom. The molecule has 378 valence electrons. The van der Waals surface area contributed by atoms with Gasteiger partial charge in [-0.1, -0.05) is 193 Å². The third kappa shape index (κ3) is 13.3. The zero-order valence-electron chi connectivity index (χ0n) is 43.8. The number of hydrogen-bond acceptors (Lipinski definition) is 2. The fraction of sp³-hybridized carbons (Fsp3) is 0.111. The Bertz CT molecular complexity index is 3500. The summed E-state index contributed by atoms with van der Waals surface area (Å²) in [5.74, 6) is 0. The van der Waals surface area contributed by atoms with Gasteiger partial charge in [0, 0.05) is 52.6 Å². The molecule has 2 radical (unpaired) electrons. The first-order valence-electron chi connectivity index (χ1n) is 25.5. The van der Waals surface area contributed by atoms with E-state index in [-0.39, 0.29) is 51.0 Å². The van der Waals surface area contributed by atoms with Crippen molar-refractivity contribution in [1.29, 1.82) is 0 Å². The summed E-state index contributed by atoms with van der Waals surface area (Å²) >= 11 is 0. The van der Waals surface area contributed by atoms with Gasteiger partial charge in [-0.3, -0.25) is 0 Å². The van der Waals surface area contributed by atoms with Crippen molar-refractivity contribution in [3.05, 3.63) is 278 Å². The van der Waals surface area contributed by atoms with Crippen LogP contribution in [0.25, 0.3) is 100 Å². The first kappa shape index (κ1) is 54.8. The predicted molar refractivity (Wildman–Crippen MR) is 312 cm³/mol. The molecule has 0 aliphatic rings. The topological polar surface area (TPSA) is 25.8 Å². The van der Waals surface area contributed by atoms with Crippen molar-refractivity contribution < 1.29 is 40.2 Å². The molecule has 0 fully saturated rings. The van der Waals surface area contributed by atoms with Crippen LogP contribution < -0.4 is 0 Å². The summed E-state index contributed by atoms with van der Waals surface area (Å²) in [7, 11) is 0. The molecule has 0 N–H and O–H groups in total. The molecule has 0 unspecified atom stereocenters. The average Bonchev–Trinajstić information content (AvgIpc) is 3.46. The Morgan fingerprint density at radius 3 is 0.908 bits per heavy atom. The number of pyridine rings is 2.